The Labute approximate surface area is 150 Å². The van der Waals surface area contributed by atoms with Gasteiger partial charge < -0.3 is 9.84 Å². The summed E-state index contributed by atoms with van der Waals surface area (Å²) in [5.74, 6) is 5.74. The summed E-state index contributed by atoms with van der Waals surface area (Å²) < 4.78 is 19.0. The first-order valence-corrected chi connectivity index (χ1v) is 8.51. The van der Waals surface area contributed by atoms with E-state index in [0.29, 0.717) is 18.4 Å². The van der Waals surface area contributed by atoms with Crippen molar-refractivity contribution in [3.8, 4) is 0 Å². The average molecular weight is 357 g/mol. The van der Waals surface area contributed by atoms with Gasteiger partial charge in [0.05, 0.1) is 5.60 Å². The number of cyclic esters (lactones) is 1. The fraction of sp³-hybridized carbons (Fsp3) is 0.368. The minimum Gasteiger partial charge on any atom is -0.438 e. The summed E-state index contributed by atoms with van der Waals surface area (Å²) in [6.45, 7) is 1.81. The number of ether oxygens (including phenoxy) is 1. The lowest BCUT2D eigenvalue weighted by atomic mass is 9.69. The molecule has 1 aliphatic heterocycles. The third-order valence-corrected chi connectivity index (χ3v) is 5.17. The van der Waals surface area contributed by atoms with Gasteiger partial charge in [0.2, 0.25) is 0 Å². The zero-order valence-corrected chi connectivity index (χ0v) is 14.3. The second-order valence-corrected chi connectivity index (χ2v) is 7.37. The average Bonchev–Trinajstić information content (AvgIpc) is 2.88. The fourth-order valence-electron chi connectivity index (χ4n) is 3.86. The van der Waals surface area contributed by atoms with Crippen LogP contribution in [0.2, 0.25) is 0 Å². The largest absolute Gasteiger partial charge is 0.438 e. The molecule has 26 heavy (non-hydrogen) atoms. The maximum Gasteiger partial charge on any atom is 0.425 e. The molecule has 0 spiro atoms. The summed E-state index contributed by atoms with van der Waals surface area (Å²) in [5.41, 5.74) is 1.60. The van der Waals surface area contributed by atoms with Crippen LogP contribution in [0.1, 0.15) is 54.5 Å². The van der Waals surface area contributed by atoms with Crippen molar-refractivity contribution in [2.75, 3.05) is 0 Å². The predicted molar refractivity (Wildman–Crippen MR) is 91.2 cm³/mol. The van der Waals surface area contributed by atoms with Crippen LogP contribution in [0.5, 0.6) is 0 Å². The van der Waals surface area contributed by atoms with E-state index in [4.69, 9.17) is 10.6 Å². The highest BCUT2D eigenvalue weighted by atomic mass is 19.1. The van der Waals surface area contributed by atoms with Gasteiger partial charge >= 0.3 is 6.09 Å². The molecule has 0 unspecified atom stereocenters. The molecular formula is C19H20FN3O3. The van der Waals surface area contributed by atoms with Crippen LogP contribution >= 0.6 is 0 Å². The number of hydrazine groups is 1. The van der Waals surface area contributed by atoms with Crippen molar-refractivity contribution in [2.24, 2.45) is 5.84 Å². The third kappa shape index (κ3) is 2.93. The fourth-order valence-corrected chi connectivity index (χ4v) is 3.86. The lowest BCUT2D eigenvalue weighted by Crippen LogP contribution is -2.39. The number of pyridine rings is 1. The Morgan fingerprint density at radius 1 is 1.27 bits per heavy atom. The smallest absolute Gasteiger partial charge is 0.425 e. The molecule has 6 nitrogen and oxygen atoms in total. The molecule has 1 aromatic carbocycles. The van der Waals surface area contributed by atoms with Gasteiger partial charge in [0, 0.05) is 12.4 Å². The number of benzene rings is 1. The number of nitrogens with two attached hydrogens (primary N) is 1. The summed E-state index contributed by atoms with van der Waals surface area (Å²) in [7, 11) is 0. The van der Waals surface area contributed by atoms with Gasteiger partial charge in [-0.2, -0.15) is 0 Å². The molecule has 2 aromatic rings. The lowest BCUT2D eigenvalue weighted by Gasteiger charge is -2.41. The van der Waals surface area contributed by atoms with Gasteiger partial charge in [-0.25, -0.2) is 20.0 Å². The normalized spacial score (nSPS) is 30.8. The molecule has 136 valence electrons. The number of amides is 1. The molecule has 0 bridgehead atoms. The minimum absolute atomic E-state index is 0.217. The van der Waals surface area contributed by atoms with E-state index < -0.39 is 29.7 Å². The van der Waals surface area contributed by atoms with Crippen LogP contribution in [0.15, 0.2) is 42.7 Å². The van der Waals surface area contributed by atoms with Crippen molar-refractivity contribution in [1.29, 1.82) is 0 Å². The summed E-state index contributed by atoms with van der Waals surface area (Å²) in [6, 6.07) is 7.28. The van der Waals surface area contributed by atoms with Crippen molar-refractivity contribution in [1.82, 2.24) is 9.99 Å². The number of aliphatic hydroxyl groups is 1. The number of hydrogen-bond acceptors (Lipinski definition) is 5. The second-order valence-electron chi connectivity index (χ2n) is 7.37. The predicted octanol–water partition coefficient (Wildman–Crippen LogP) is 2.96. The molecule has 2 heterocycles. The lowest BCUT2D eigenvalue weighted by molar-refractivity contribution is -0.0314. The Bertz CT molecular complexity index is 849. The van der Waals surface area contributed by atoms with Gasteiger partial charge in [0.25, 0.3) is 0 Å². The summed E-state index contributed by atoms with van der Waals surface area (Å²) in [5, 5.41) is 11.0. The Morgan fingerprint density at radius 3 is 2.69 bits per heavy atom. The zero-order valence-electron chi connectivity index (χ0n) is 14.3. The maximum absolute atomic E-state index is 13.6. The second kappa shape index (κ2) is 6.03. The summed E-state index contributed by atoms with van der Waals surface area (Å²) >= 11 is 0. The minimum atomic E-state index is -0.718. The molecule has 1 amide bonds. The number of carbonyl (C=O) groups excluding carboxylic acids is 1. The summed E-state index contributed by atoms with van der Waals surface area (Å²) in [6.07, 6.45) is 3.35. The van der Waals surface area contributed by atoms with Gasteiger partial charge in [0.1, 0.15) is 11.9 Å². The first-order chi connectivity index (χ1) is 12.3. The molecule has 7 heteroatoms. The van der Waals surface area contributed by atoms with Gasteiger partial charge in [-0.1, -0.05) is 18.2 Å². The highest BCUT2D eigenvalue weighted by molar-refractivity contribution is 5.70. The highest BCUT2D eigenvalue weighted by Crippen LogP contribution is 2.46. The van der Waals surface area contributed by atoms with E-state index in [1.807, 2.05) is 13.0 Å². The van der Waals surface area contributed by atoms with E-state index in [1.54, 1.807) is 24.5 Å². The Balaban J connectivity index is 1.67. The monoisotopic (exact) mass is 357 g/mol. The SMILES string of the molecule is CC1(O)CC(c2cncc([C@@H]3[C@@H](c4cccc(F)c4)OC(=O)N3N)c2)C1. The van der Waals surface area contributed by atoms with Gasteiger partial charge in [-0.3, -0.25) is 4.98 Å². The molecule has 1 saturated carbocycles. The van der Waals surface area contributed by atoms with Gasteiger partial charge in [-0.15, -0.1) is 0 Å². The van der Waals surface area contributed by atoms with Gasteiger partial charge in [-0.05, 0) is 54.5 Å². The zero-order chi connectivity index (χ0) is 18.5. The van der Waals surface area contributed by atoms with Crippen molar-refractivity contribution in [2.45, 2.75) is 43.4 Å². The van der Waals surface area contributed by atoms with Crippen LogP contribution in [-0.2, 0) is 4.74 Å². The van der Waals surface area contributed by atoms with E-state index in [0.717, 1.165) is 16.1 Å². The van der Waals surface area contributed by atoms with Crippen molar-refractivity contribution < 1.29 is 19.0 Å². The molecule has 1 saturated heterocycles. The molecule has 1 aliphatic carbocycles. The van der Waals surface area contributed by atoms with E-state index in [9.17, 15) is 14.3 Å². The Morgan fingerprint density at radius 2 is 2.00 bits per heavy atom. The van der Waals surface area contributed by atoms with Crippen LogP contribution in [0.4, 0.5) is 9.18 Å². The topological polar surface area (TPSA) is 88.7 Å². The molecule has 2 fully saturated rings. The third-order valence-electron chi connectivity index (χ3n) is 5.17. The molecule has 2 atom stereocenters. The van der Waals surface area contributed by atoms with Crippen molar-refractivity contribution >= 4 is 6.09 Å². The van der Waals surface area contributed by atoms with E-state index in [1.165, 1.54) is 12.1 Å². The van der Waals surface area contributed by atoms with Crippen molar-refractivity contribution in [3.63, 3.8) is 0 Å². The van der Waals surface area contributed by atoms with E-state index >= 15 is 0 Å². The van der Waals surface area contributed by atoms with Gasteiger partial charge in [0.15, 0.2) is 6.10 Å². The molecule has 0 radical (unpaired) electrons. The van der Waals surface area contributed by atoms with Crippen molar-refractivity contribution in [3.05, 3.63) is 65.2 Å². The molecular weight excluding hydrogens is 337 g/mol. The van der Waals surface area contributed by atoms with Crippen LogP contribution in [0.3, 0.4) is 0 Å². The van der Waals surface area contributed by atoms with Crippen LogP contribution in [-0.4, -0.2) is 26.8 Å². The van der Waals surface area contributed by atoms with Crippen LogP contribution < -0.4 is 5.84 Å². The number of hydrogen-bond donors (Lipinski definition) is 2. The number of nitrogens with zero attached hydrogens (tertiary/aromatic N) is 2. The van der Waals surface area contributed by atoms with Crippen LogP contribution in [0.25, 0.3) is 0 Å². The Kier molecular flexibility index (Phi) is 3.93. The first kappa shape index (κ1) is 16.9. The molecule has 3 N–H and O–H groups in total. The molecule has 2 aliphatic rings. The summed E-state index contributed by atoms with van der Waals surface area (Å²) in [4.78, 5) is 16.3. The van der Waals surface area contributed by atoms with E-state index in [2.05, 4.69) is 4.98 Å². The number of carbonyl (C=O) groups is 1. The first-order valence-electron chi connectivity index (χ1n) is 8.51. The Hall–Kier alpha value is -2.51. The number of halogens is 1. The molecule has 4 rings (SSSR count). The standard InChI is InChI=1S/C19H20FN3O3/c1-19(25)7-14(8-19)12-5-13(10-22-9-12)16-17(26-18(24)23(16)21)11-3-2-4-15(20)6-11/h2-6,9-10,14,16-17,25H,7-8,21H2,1H3/t14?,16-,17-,19?/m1/s1. The number of aromatic nitrogens is 1. The van der Waals surface area contributed by atoms with Crippen LogP contribution in [0, 0.1) is 5.82 Å². The van der Waals surface area contributed by atoms with E-state index in [-0.39, 0.29) is 5.92 Å². The highest BCUT2D eigenvalue weighted by Gasteiger charge is 2.44. The number of rotatable bonds is 3. The molecule has 1 aromatic heterocycles. The quantitative estimate of drug-likeness (QED) is 0.651. The maximum atomic E-state index is 13.6.